The van der Waals surface area contributed by atoms with Gasteiger partial charge < -0.3 is 10.8 Å². The first kappa shape index (κ1) is 14.7. The van der Waals surface area contributed by atoms with Crippen molar-refractivity contribution in [3.05, 3.63) is 70.7 Å². The number of benzene rings is 3. The molecule has 3 heteroatoms. The van der Waals surface area contributed by atoms with Crippen LogP contribution >= 0.6 is 15.9 Å². The molecule has 3 rings (SSSR count). The van der Waals surface area contributed by atoms with Gasteiger partial charge in [0.25, 0.3) is 0 Å². The van der Waals surface area contributed by atoms with Crippen LogP contribution in [0.4, 0.5) is 5.69 Å². The Labute approximate surface area is 138 Å². The summed E-state index contributed by atoms with van der Waals surface area (Å²) in [4.78, 5) is 0. The lowest BCUT2D eigenvalue weighted by atomic mass is 9.91. The van der Waals surface area contributed by atoms with Gasteiger partial charge in [-0.15, -0.1) is 0 Å². The van der Waals surface area contributed by atoms with Crippen LogP contribution in [0.3, 0.4) is 0 Å². The average Bonchev–Trinajstić information content (AvgIpc) is 2.52. The molecule has 2 nitrogen and oxygen atoms in total. The van der Waals surface area contributed by atoms with Crippen LogP contribution in [0, 0.1) is 6.92 Å². The van der Waals surface area contributed by atoms with Gasteiger partial charge >= 0.3 is 0 Å². The molecule has 0 fully saturated rings. The summed E-state index contributed by atoms with van der Waals surface area (Å²) in [5, 5.41) is 9.52. The maximum Gasteiger partial charge on any atom is 0.115 e. The van der Waals surface area contributed by atoms with Gasteiger partial charge in [-0.2, -0.15) is 0 Å². The van der Waals surface area contributed by atoms with Crippen LogP contribution in [0.15, 0.2) is 65.1 Å². The number of aryl methyl sites for hydroxylation is 1. The highest BCUT2D eigenvalue weighted by molar-refractivity contribution is 9.10. The molecule has 0 aliphatic rings. The van der Waals surface area contributed by atoms with Crippen molar-refractivity contribution < 1.29 is 5.11 Å². The topological polar surface area (TPSA) is 46.2 Å². The monoisotopic (exact) mass is 353 g/mol. The van der Waals surface area contributed by atoms with E-state index in [1.807, 2.05) is 43.3 Å². The number of aromatic hydroxyl groups is 1. The van der Waals surface area contributed by atoms with Gasteiger partial charge in [0.2, 0.25) is 0 Å². The minimum atomic E-state index is 0.251. The van der Waals surface area contributed by atoms with Crippen molar-refractivity contribution in [2.45, 2.75) is 6.92 Å². The van der Waals surface area contributed by atoms with E-state index in [2.05, 4.69) is 28.1 Å². The lowest BCUT2D eigenvalue weighted by molar-refractivity contribution is 0.475. The Hall–Kier alpha value is -2.26. The van der Waals surface area contributed by atoms with Gasteiger partial charge in [-0.3, -0.25) is 0 Å². The van der Waals surface area contributed by atoms with Crippen molar-refractivity contribution in [3.8, 4) is 28.0 Å². The third-order valence-electron chi connectivity index (χ3n) is 3.74. The maximum atomic E-state index is 9.52. The first-order chi connectivity index (χ1) is 10.6. The van der Waals surface area contributed by atoms with E-state index in [1.54, 1.807) is 12.1 Å². The summed E-state index contributed by atoms with van der Waals surface area (Å²) in [5.74, 6) is 0.251. The highest BCUT2D eigenvalue weighted by atomic mass is 79.9. The Morgan fingerprint density at radius 2 is 1.45 bits per heavy atom. The van der Waals surface area contributed by atoms with E-state index in [-0.39, 0.29) is 5.75 Å². The van der Waals surface area contributed by atoms with E-state index in [4.69, 9.17) is 5.73 Å². The zero-order valence-electron chi connectivity index (χ0n) is 12.2. The second kappa shape index (κ2) is 5.85. The highest BCUT2D eigenvalue weighted by Crippen LogP contribution is 2.43. The van der Waals surface area contributed by atoms with E-state index in [9.17, 15) is 5.11 Å². The number of anilines is 1. The Morgan fingerprint density at radius 1 is 0.864 bits per heavy atom. The molecule has 0 spiro atoms. The van der Waals surface area contributed by atoms with Gasteiger partial charge in [-0.05, 0) is 41.8 Å². The fraction of sp³-hybridized carbons (Fsp3) is 0.0526. The standard InChI is InChI=1S/C19H16BrNO/c1-12-11-16(20)17(14-7-9-15(22)10-8-14)18(19(12)21)13-5-3-2-4-6-13/h2-11,22H,21H2,1H3. The summed E-state index contributed by atoms with van der Waals surface area (Å²) in [6.07, 6.45) is 0. The number of hydrogen-bond acceptors (Lipinski definition) is 2. The van der Waals surface area contributed by atoms with E-state index in [0.717, 1.165) is 38.0 Å². The molecule has 0 bridgehead atoms. The lowest BCUT2D eigenvalue weighted by Gasteiger charge is -2.17. The van der Waals surface area contributed by atoms with Crippen molar-refractivity contribution in [2.24, 2.45) is 0 Å². The third-order valence-corrected chi connectivity index (χ3v) is 4.37. The van der Waals surface area contributed by atoms with E-state index >= 15 is 0 Å². The molecule has 3 aromatic rings. The van der Waals surface area contributed by atoms with Crippen LogP contribution in [0.25, 0.3) is 22.3 Å². The summed E-state index contributed by atoms with van der Waals surface area (Å²) in [6.45, 7) is 2.01. The number of hydrogen-bond donors (Lipinski definition) is 2. The largest absolute Gasteiger partial charge is 0.508 e. The molecule has 0 aliphatic heterocycles. The van der Waals surface area contributed by atoms with Gasteiger partial charge in [0.15, 0.2) is 0 Å². The molecule has 0 radical (unpaired) electrons. The Morgan fingerprint density at radius 3 is 2.09 bits per heavy atom. The van der Waals surface area contributed by atoms with Crippen LogP contribution in [0.2, 0.25) is 0 Å². The molecular formula is C19H16BrNO. The molecule has 0 aromatic heterocycles. The summed E-state index contributed by atoms with van der Waals surface area (Å²) < 4.78 is 0.990. The first-order valence-corrected chi connectivity index (χ1v) is 7.80. The molecular weight excluding hydrogens is 338 g/mol. The molecule has 0 unspecified atom stereocenters. The Bertz CT molecular complexity index is 811. The van der Waals surface area contributed by atoms with E-state index in [1.165, 1.54) is 0 Å². The van der Waals surface area contributed by atoms with Crippen molar-refractivity contribution >= 4 is 21.6 Å². The molecule has 22 heavy (non-hydrogen) atoms. The van der Waals surface area contributed by atoms with Crippen molar-refractivity contribution in [1.82, 2.24) is 0 Å². The second-order valence-corrected chi connectivity index (χ2v) is 6.11. The summed E-state index contributed by atoms with van der Waals surface area (Å²) in [7, 11) is 0. The fourth-order valence-electron chi connectivity index (χ4n) is 2.61. The predicted octanol–water partition coefficient (Wildman–Crippen LogP) is 5.38. The smallest absolute Gasteiger partial charge is 0.115 e. The number of phenols is 1. The number of phenolic OH excluding ortho intramolecular Hbond substituents is 1. The molecule has 0 heterocycles. The molecule has 110 valence electrons. The number of nitrogens with two attached hydrogens (primary N) is 1. The predicted molar refractivity (Wildman–Crippen MR) is 95.8 cm³/mol. The molecule has 0 saturated heterocycles. The fourth-order valence-corrected chi connectivity index (χ4v) is 3.38. The van der Waals surface area contributed by atoms with Crippen LogP contribution in [-0.4, -0.2) is 5.11 Å². The first-order valence-electron chi connectivity index (χ1n) is 7.01. The molecule has 0 amide bonds. The number of nitrogen functional groups attached to an aromatic ring is 1. The maximum absolute atomic E-state index is 9.52. The van der Waals surface area contributed by atoms with Gasteiger partial charge in [0.05, 0.1) is 0 Å². The van der Waals surface area contributed by atoms with Gasteiger partial charge in [-0.25, -0.2) is 0 Å². The molecule has 0 atom stereocenters. The van der Waals surface area contributed by atoms with E-state index in [0.29, 0.717) is 0 Å². The van der Waals surface area contributed by atoms with Crippen LogP contribution in [-0.2, 0) is 0 Å². The summed E-state index contributed by atoms with van der Waals surface area (Å²) in [5.41, 5.74) is 12.3. The summed E-state index contributed by atoms with van der Waals surface area (Å²) in [6, 6.07) is 19.3. The van der Waals surface area contributed by atoms with Crippen molar-refractivity contribution in [3.63, 3.8) is 0 Å². The zero-order valence-corrected chi connectivity index (χ0v) is 13.8. The number of halogens is 1. The van der Waals surface area contributed by atoms with Crippen LogP contribution < -0.4 is 5.73 Å². The number of rotatable bonds is 2. The van der Waals surface area contributed by atoms with E-state index < -0.39 is 0 Å². The van der Waals surface area contributed by atoms with Gasteiger partial charge in [0.1, 0.15) is 5.75 Å². The minimum absolute atomic E-state index is 0.251. The van der Waals surface area contributed by atoms with Crippen LogP contribution in [0.1, 0.15) is 5.56 Å². The molecule has 3 aromatic carbocycles. The Kier molecular flexibility index (Phi) is 3.90. The minimum Gasteiger partial charge on any atom is -0.508 e. The normalized spacial score (nSPS) is 10.6. The zero-order chi connectivity index (χ0) is 15.7. The quantitative estimate of drug-likeness (QED) is 0.607. The van der Waals surface area contributed by atoms with Crippen molar-refractivity contribution in [1.29, 1.82) is 0 Å². The SMILES string of the molecule is Cc1cc(Br)c(-c2ccc(O)cc2)c(-c2ccccc2)c1N. The molecule has 0 saturated carbocycles. The second-order valence-electron chi connectivity index (χ2n) is 5.25. The molecule has 3 N–H and O–H groups in total. The van der Waals surface area contributed by atoms with Crippen LogP contribution in [0.5, 0.6) is 5.75 Å². The third kappa shape index (κ3) is 2.60. The van der Waals surface area contributed by atoms with Gasteiger partial charge in [-0.1, -0.05) is 58.4 Å². The summed E-state index contributed by atoms with van der Waals surface area (Å²) >= 11 is 3.67. The lowest BCUT2D eigenvalue weighted by Crippen LogP contribution is -1.98. The van der Waals surface area contributed by atoms with Crippen molar-refractivity contribution in [2.75, 3.05) is 5.73 Å². The highest BCUT2D eigenvalue weighted by Gasteiger charge is 2.16. The average molecular weight is 354 g/mol. The Balaban J connectivity index is 2.34. The molecule has 0 aliphatic carbocycles. The van der Waals surface area contributed by atoms with Gasteiger partial charge in [0, 0.05) is 21.3 Å².